The molecule has 26 nitrogen and oxygen atoms in total. The maximum atomic E-state index is 13.6. The van der Waals surface area contributed by atoms with Crippen molar-refractivity contribution in [3.8, 4) is 0 Å². The van der Waals surface area contributed by atoms with Gasteiger partial charge in [-0.1, -0.05) is 55.4 Å². The van der Waals surface area contributed by atoms with E-state index in [0.29, 0.717) is 0 Å². The van der Waals surface area contributed by atoms with E-state index in [1.54, 1.807) is 41.5 Å². The second-order valence-electron chi connectivity index (χ2n) is 17.0. The van der Waals surface area contributed by atoms with Crippen molar-refractivity contribution < 1.29 is 83.1 Å². The number of carboxylic acid groups (broad SMARTS) is 4. The Morgan fingerprint density at radius 2 is 0.773 bits per heavy atom. The number of aliphatic hydroxyl groups is 1. The molecule has 0 aromatic carbocycles. The predicted molar refractivity (Wildman–Crippen MR) is 229 cm³/mol. The molecule has 0 fully saturated rings. The first-order valence-electron chi connectivity index (χ1n) is 21.1. The van der Waals surface area contributed by atoms with Crippen LogP contribution in [0.25, 0.3) is 0 Å². The van der Waals surface area contributed by atoms with Crippen LogP contribution in [0.15, 0.2) is 0 Å². The number of carbonyl (C=O) groups excluding carboxylic acids is 8. The number of amides is 8. The molecule has 66 heavy (non-hydrogen) atoms. The number of carbonyl (C=O) groups is 12. The summed E-state index contributed by atoms with van der Waals surface area (Å²) in [6.07, 6.45) is -5.44. The third-order valence-electron chi connectivity index (χ3n) is 9.63. The summed E-state index contributed by atoms with van der Waals surface area (Å²) in [5.41, 5.74) is 5.34. The Labute approximate surface area is 381 Å². The fraction of sp³-hybridized carbons (Fsp3) is 0.700. The third kappa shape index (κ3) is 21.5. The smallest absolute Gasteiger partial charge is 0.326 e. The molecule has 15 N–H and O–H groups in total. The monoisotopic (exact) mass is 945 g/mol. The van der Waals surface area contributed by atoms with Gasteiger partial charge in [0.15, 0.2) is 0 Å². The van der Waals surface area contributed by atoms with E-state index < -0.39 is 176 Å². The highest BCUT2D eigenvalue weighted by molar-refractivity contribution is 5.99. The van der Waals surface area contributed by atoms with Crippen molar-refractivity contribution in [2.75, 3.05) is 6.54 Å². The lowest BCUT2D eigenvalue weighted by molar-refractivity contribution is -0.144. The van der Waals surface area contributed by atoms with Gasteiger partial charge in [-0.2, -0.15) is 0 Å². The molecule has 0 aromatic rings. The lowest BCUT2D eigenvalue weighted by atomic mass is 9.98. The number of hydrogen-bond donors (Lipinski definition) is 14. The van der Waals surface area contributed by atoms with Gasteiger partial charge in [0.2, 0.25) is 47.3 Å². The van der Waals surface area contributed by atoms with Crippen molar-refractivity contribution in [2.24, 2.45) is 29.4 Å². The van der Waals surface area contributed by atoms with Crippen LogP contribution in [-0.4, -0.2) is 158 Å². The van der Waals surface area contributed by atoms with Gasteiger partial charge in [-0.25, -0.2) is 4.79 Å². The fourth-order valence-corrected chi connectivity index (χ4v) is 6.05. The molecule has 9 atom stereocenters. The molecule has 8 amide bonds. The van der Waals surface area contributed by atoms with Crippen LogP contribution in [0.2, 0.25) is 0 Å². The van der Waals surface area contributed by atoms with Crippen LogP contribution in [0.5, 0.6) is 0 Å². The van der Waals surface area contributed by atoms with E-state index in [1.165, 1.54) is 13.8 Å². The molecule has 0 saturated heterocycles. The molecular formula is C40H67N9O17. The third-order valence-corrected chi connectivity index (χ3v) is 9.63. The first-order chi connectivity index (χ1) is 30.4. The van der Waals surface area contributed by atoms with Gasteiger partial charge in [0.05, 0.1) is 25.5 Å². The van der Waals surface area contributed by atoms with Gasteiger partial charge < -0.3 is 73.8 Å². The van der Waals surface area contributed by atoms with E-state index in [1.807, 2.05) is 5.32 Å². The van der Waals surface area contributed by atoms with E-state index in [4.69, 9.17) is 5.73 Å². The molecule has 0 spiro atoms. The molecule has 0 aliphatic rings. The van der Waals surface area contributed by atoms with Crippen LogP contribution in [0.3, 0.4) is 0 Å². The average molecular weight is 946 g/mol. The molecule has 374 valence electrons. The highest BCUT2D eigenvalue weighted by atomic mass is 16.4. The van der Waals surface area contributed by atoms with Gasteiger partial charge in [0.1, 0.15) is 48.3 Å². The molecule has 0 unspecified atom stereocenters. The van der Waals surface area contributed by atoms with Crippen molar-refractivity contribution in [1.82, 2.24) is 42.5 Å². The zero-order valence-electron chi connectivity index (χ0n) is 38.5. The zero-order valence-corrected chi connectivity index (χ0v) is 38.5. The van der Waals surface area contributed by atoms with Gasteiger partial charge in [0, 0.05) is 6.42 Å². The Balaban J connectivity index is 6.51. The van der Waals surface area contributed by atoms with Crippen LogP contribution in [-0.2, 0) is 57.5 Å². The number of nitrogens with two attached hydrogens (primary N) is 1. The van der Waals surface area contributed by atoms with E-state index in [-0.39, 0.29) is 12.3 Å². The Kier molecular flexibility index (Phi) is 25.7. The van der Waals surface area contributed by atoms with Crippen LogP contribution in [0, 0.1) is 23.7 Å². The van der Waals surface area contributed by atoms with Gasteiger partial charge in [0.25, 0.3) is 0 Å². The van der Waals surface area contributed by atoms with E-state index in [0.717, 1.165) is 6.92 Å². The Bertz CT molecular complexity index is 1770. The Hall–Kier alpha value is -6.44. The van der Waals surface area contributed by atoms with Crippen molar-refractivity contribution in [2.45, 2.75) is 149 Å². The van der Waals surface area contributed by atoms with Gasteiger partial charge in [-0.15, -0.1) is 0 Å². The normalized spacial score (nSPS) is 15.3. The predicted octanol–water partition coefficient (Wildman–Crippen LogP) is -3.88. The number of carboxylic acids is 4. The first kappa shape index (κ1) is 59.6. The van der Waals surface area contributed by atoms with Gasteiger partial charge >= 0.3 is 23.9 Å². The van der Waals surface area contributed by atoms with E-state index in [9.17, 15) is 83.1 Å². The van der Waals surface area contributed by atoms with Gasteiger partial charge in [-0.3, -0.25) is 52.7 Å². The summed E-state index contributed by atoms with van der Waals surface area (Å²) in [5.74, 6) is -16.9. The quantitative estimate of drug-likeness (QED) is 0.0327. The van der Waals surface area contributed by atoms with Crippen LogP contribution >= 0.6 is 0 Å². The highest BCUT2D eigenvalue weighted by Crippen LogP contribution is 2.12. The second-order valence-corrected chi connectivity index (χ2v) is 17.0. The minimum absolute atomic E-state index is 0.0442. The number of aliphatic hydroxyl groups excluding tert-OH is 1. The summed E-state index contributed by atoms with van der Waals surface area (Å²) < 4.78 is 0. The maximum absolute atomic E-state index is 13.6. The molecule has 0 rings (SSSR count). The van der Waals surface area contributed by atoms with E-state index >= 15 is 0 Å². The summed E-state index contributed by atoms with van der Waals surface area (Å²) in [6.45, 7) is 13.2. The van der Waals surface area contributed by atoms with Crippen molar-refractivity contribution in [1.29, 1.82) is 0 Å². The summed E-state index contributed by atoms with van der Waals surface area (Å²) in [7, 11) is 0. The summed E-state index contributed by atoms with van der Waals surface area (Å²) in [5, 5.41) is 66.5. The zero-order chi connectivity index (χ0) is 51.3. The molecule has 0 saturated carbocycles. The Morgan fingerprint density at radius 3 is 1.12 bits per heavy atom. The molecule has 0 bridgehead atoms. The topological polar surface area (TPSA) is 428 Å². The fourth-order valence-electron chi connectivity index (χ4n) is 6.05. The molecule has 26 heteroatoms. The van der Waals surface area contributed by atoms with Crippen molar-refractivity contribution >= 4 is 71.1 Å². The SMILES string of the molecule is CC(C)C[C@H](NC(=O)CN)C(=O)N[C@@H](CCC(=O)O)C(=O)N[C@@H](CC(=O)O)C(=O)N[C@@H](CC(=O)O)C(=O)N[C@H](C(=O)N[C@H](C(=O)N[C@H](C(=O)N[C@H](C(=O)O)C(C)C)C(C)C)C(C)C)[C@@H](C)O. The van der Waals surface area contributed by atoms with Crippen LogP contribution < -0.4 is 48.3 Å². The average Bonchev–Trinajstić information content (AvgIpc) is 3.18. The standard InChI is InChI=1S/C40H67N9O17/c1-16(2)12-22(42-25(51)15-41)34(59)43-21(10-11-26(52)53)33(58)44-23(13-27(54)55)35(60)45-24(14-28(56)57)36(61)49-32(20(9)50)39(64)47-29(17(3)4)37(62)46-30(18(5)6)38(63)48-31(19(7)8)40(65)66/h16-24,29-32,50H,10-15,41H2,1-9H3,(H,42,51)(H,43,59)(H,44,58)(H,45,60)(H,46,62)(H,47,64)(H,48,63)(H,49,61)(H,52,53)(H,54,55)(H,56,57)(H,65,66)/t20-,21+,22+,23+,24+,29+,30+,31+,32+/m1/s1. The van der Waals surface area contributed by atoms with E-state index in [2.05, 4.69) is 37.2 Å². The van der Waals surface area contributed by atoms with Crippen LogP contribution in [0.4, 0.5) is 0 Å². The Morgan fingerprint density at radius 1 is 0.424 bits per heavy atom. The highest BCUT2D eigenvalue weighted by Gasteiger charge is 2.38. The molecular weight excluding hydrogens is 878 g/mol. The lowest BCUT2D eigenvalue weighted by Crippen LogP contribution is -2.63. The molecule has 0 radical (unpaired) electrons. The minimum Gasteiger partial charge on any atom is -0.481 e. The summed E-state index contributed by atoms with van der Waals surface area (Å²) in [6, 6.07) is -13.2. The van der Waals surface area contributed by atoms with Crippen LogP contribution in [0.1, 0.15) is 94.4 Å². The molecule has 0 aliphatic carbocycles. The molecule has 0 aromatic heterocycles. The molecule has 0 heterocycles. The van der Waals surface area contributed by atoms with Crippen molar-refractivity contribution in [3.05, 3.63) is 0 Å². The largest absolute Gasteiger partial charge is 0.481 e. The van der Waals surface area contributed by atoms with Gasteiger partial charge in [-0.05, 0) is 43.4 Å². The summed E-state index contributed by atoms with van der Waals surface area (Å²) in [4.78, 5) is 153. The number of rotatable bonds is 30. The summed E-state index contributed by atoms with van der Waals surface area (Å²) >= 11 is 0. The maximum Gasteiger partial charge on any atom is 0.326 e. The number of nitrogens with one attached hydrogen (secondary N) is 8. The minimum atomic E-state index is -2.13. The number of hydrogen-bond acceptors (Lipinski definition) is 14. The van der Waals surface area contributed by atoms with Crippen molar-refractivity contribution in [3.63, 3.8) is 0 Å². The number of aliphatic carboxylic acids is 4. The second kappa shape index (κ2) is 28.5. The first-order valence-corrected chi connectivity index (χ1v) is 21.1. The lowest BCUT2D eigenvalue weighted by Gasteiger charge is -2.30. The molecule has 0 aliphatic heterocycles.